The summed E-state index contributed by atoms with van der Waals surface area (Å²) >= 11 is 0. The molecule has 76 valence electrons. The van der Waals surface area contributed by atoms with Crippen molar-refractivity contribution in [3.63, 3.8) is 0 Å². The van der Waals surface area contributed by atoms with Gasteiger partial charge in [-0.3, -0.25) is 0 Å². The quantitative estimate of drug-likeness (QED) is 0.685. The smallest absolute Gasteiger partial charge is 0.150 e. The normalized spacial score (nSPS) is 36.5. The number of hydrogen-bond acceptors (Lipinski definition) is 3. The lowest BCUT2D eigenvalue weighted by atomic mass is 9.85. The average molecular weight is 204 g/mol. The standard InChI is InChI=1S/C9H16O3S/c10-9(4-1-2-5-9)8-3-6-13(11,12)7-8/h8,10H,1-7H2. The van der Waals surface area contributed by atoms with E-state index in [-0.39, 0.29) is 17.4 Å². The van der Waals surface area contributed by atoms with Gasteiger partial charge in [0, 0.05) is 5.92 Å². The molecule has 1 unspecified atom stereocenters. The predicted molar refractivity (Wildman–Crippen MR) is 50.2 cm³/mol. The van der Waals surface area contributed by atoms with Crippen molar-refractivity contribution in [1.29, 1.82) is 0 Å². The molecule has 0 radical (unpaired) electrons. The highest BCUT2D eigenvalue weighted by molar-refractivity contribution is 7.91. The lowest BCUT2D eigenvalue weighted by molar-refractivity contribution is -0.00220. The van der Waals surface area contributed by atoms with Crippen molar-refractivity contribution < 1.29 is 13.5 Å². The summed E-state index contributed by atoms with van der Waals surface area (Å²) in [6, 6.07) is 0. The van der Waals surface area contributed by atoms with E-state index >= 15 is 0 Å². The first-order chi connectivity index (χ1) is 6.02. The van der Waals surface area contributed by atoms with Crippen LogP contribution in [-0.4, -0.2) is 30.6 Å². The second-order valence-electron chi connectivity index (χ2n) is 4.41. The molecule has 1 atom stereocenters. The van der Waals surface area contributed by atoms with Gasteiger partial charge in [-0.25, -0.2) is 8.42 Å². The molecule has 1 N–H and O–H groups in total. The molecule has 2 aliphatic rings. The molecule has 3 nitrogen and oxygen atoms in total. The third-order valence-electron chi connectivity index (χ3n) is 3.46. The van der Waals surface area contributed by atoms with Crippen molar-refractivity contribution in [2.24, 2.45) is 5.92 Å². The molecule has 1 aliphatic heterocycles. The van der Waals surface area contributed by atoms with Crippen LogP contribution >= 0.6 is 0 Å². The Balaban J connectivity index is 2.11. The van der Waals surface area contributed by atoms with Crippen molar-refractivity contribution >= 4 is 9.84 Å². The largest absolute Gasteiger partial charge is 0.390 e. The van der Waals surface area contributed by atoms with E-state index in [1.165, 1.54) is 0 Å². The van der Waals surface area contributed by atoms with Crippen molar-refractivity contribution in [1.82, 2.24) is 0 Å². The molecule has 1 saturated carbocycles. The van der Waals surface area contributed by atoms with E-state index in [9.17, 15) is 13.5 Å². The summed E-state index contributed by atoms with van der Waals surface area (Å²) in [6.45, 7) is 0. The molecule has 4 heteroatoms. The Hall–Kier alpha value is -0.0900. The zero-order valence-corrected chi connectivity index (χ0v) is 8.52. The topological polar surface area (TPSA) is 54.4 Å². The van der Waals surface area contributed by atoms with Gasteiger partial charge in [-0.15, -0.1) is 0 Å². The zero-order valence-electron chi connectivity index (χ0n) is 7.70. The molecular formula is C9H16O3S. The highest BCUT2D eigenvalue weighted by atomic mass is 32.2. The molecule has 1 aliphatic carbocycles. The van der Waals surface area contributed by atoms with Crippen LogP contribution in [0.2, 0.25) is 0 Å². The van der Waals surface area contributed by atoms with Gasteiger partial charge >= 0.3 is 0 Å². The Labute approximate surface area is 79.1 Å². The summed E-state index contributed by atoms with van der Waals surface area (Å²) in [6.07, 6.45) is 4.36. The van der Waals surface area contributed by atoms with Crippen LogP contribution < -0.4 is 0 Å². The summed E-state index contributed by atoms with van der Waals surface area (Å²) in [7, 11) is -2.83. The Morgan fingerprint density at radius 2 is 1.85 bits per heavy atom. The van der Waals surface area contributed by atoms with E-state index in [4.69, 9.17) is 0 Å². The fraction of sp³-hybridized carbons (Fsp3) is 1.00. The highest BCUT2D eigenvalue weighted by Gasteiger charge is 2.44. The summed E-state index contributed by atoms with van der Waals surface area (Å²) in [5.74, 6) is 0.503. The molecule has 0 aromatic carbocycles. The van der Waals surface area contributed by atoms with Crippen LogP contribution in [0, 0.1) is 5.92 Å². The molecule has 2 fully saturated rings. The van der Waals surface area contributed by atoms with Gasteiger partial charge in [0.25, 0.3) is 0 Å². The van der Waals surface area contributed by atoms with Crippen LogP contribution in [-0.2, 0) is 9.84 Å². The minimum atomic E-state index is -2.83. The third-order valence-corrected chi connectivity index (χ3v) is 5.23. The minimum absolute atomic E-state index is 0.0139. The first kappa shape index (κ1) is 9.46. The summed E-state index contributed by atoms with van der Waals surface area (Å²) in [5, 5.41) is 10.2. The van der Waals surface area contributed by atoms with Gasteiger partial charge in [-0.2, -0.15) is 0 Å². The van der Waals surface area contributed by atoms with E-state index in [0.29, 0.717) is 6.42 Å². The van der Waals surface area contributed by atoms with E-state index in [1.807, 2.05) is 0 Å². The predicted octanol–water partition coefficient (Wildman–Crippen LogP) is 0.726. The lowest BCUT2D eigenvalue weighted by Crippen LogP contribution is -2.35. The Kier molecular flexibility index (Phi) is 2.15. The average Bonchev–Trinajstić information content (AvgIpc) is 2.58. The molecule has 1 saturated heterocycles. The minimum Gasteiger partial charge on any atom is -0.390 e. The van der Waals surface area contributed by atoms with E-state index in [2.05, 4.69) is 0 Å². The maximum atomic E-state index is 11.2. The fourth-order valence-electron chi connectivity index (χ4n) is 2.61. The Morgan fingerprint density at radius 1 is 1.23 bits per heavy atom. The molecule has 1 heterocycles. The van der Waals surface area contributed by atoms with Crippen LogP contribution in [0.5, 0.6) is 0 Å². The van der Waals surface area contributed by atoms with Gasteiger partial charge in [0.2, 0.25) is 0 Å². The number of sulfone groups is 1. The summed E-state index contributed by atoms with van der Waals surface area (Å²) in [4.78, 5) is 0. The second-order valence-corrected chi connectivity index (χ2v) is 6.64. The van der Waals surface area contributed by atoms with Gasteiger partial charge in [0.1, 0.15) is 0 Å². The third kappa shape index (κ3) is 1.74. The summed E-state index contributed by atoms with van der Waals surface area (Å²) in [5.41, 5.74) is -0.649. The van der Waals surface area contributed by atoms with Crippen molar-refractivity contribution in [2.75, 3.05) is 11.5 Å². The molecule has 0 spiro atoms. The van der Waals surface area contributed by atoms with Crippen LogP contribution in [0.15, 0.2) is 0 Å². The molecule has 0 amide bonds. The molecule has 13 heavy (non-hydrogen) atoms. The van der Waals surface area contributed by atoms with E-state index in [1.54, 1.807) is 0 Å². The van der Waals surface area contributed by atoms with Gasteiger partial charge in [-0.05, 0) is 19.3 Å². The van der Waals surface area contributed by atoms with E-state index < -0.39 is 15.4 Å². The number of aliphatic hydroxyl groups is 1. The molecule has 0 aromatic rings. The molecule has 2 rings (SSSR count). The maximum absolute atomic E-state index is 11.2. The van der Waals surface area contributed by atoms with Gasteiger partial charge < -0.3 is 5.11 Å². The molecular weight excluding hydrogens is 188 g/mol. The van der Waals surface area contributed by atoms with Gasteiger partial charge in [0.15, 0.2) is 9.84 Å². The Bertz CT molecular complexity index is 288. The lowest BCUT2D eigenvalue weighted by Gasteiger charge is -2.28. The van der Waals surface area contributed by atoms with Crippen LogP contribution in [0.4, 0.5) is 0 Å². The SMILES string of the molecule is O=S1(=O)CCC(C2(O)CCCC2)C1. The zero-order chi connectivity index (χ0) is 9.53. The molecule has 0 bridgehead atoms. The van der Waals surface area contributed by atoms with Crippen LogP contribution in [0.3, 0.4) is 0 Å². The van der Waals surface area contributed by atoms with Crippen molar-refractivity contribution in [2.45, 2.75) is 37.7 Å². The summed E-state index contributed by atoms with van der Waals surface area (Å²) < 4.78 is 22.5. The van der Waals surface area contributed by atoms with Crippen molar-refractivity contribution in [3.8, 4) is 0 Å². The number of hydrogen-bond donors (Lipinski definition) is 1. The Morgan fingerprint density at radius 3 is 2.31 bits per heavy atom. The van der Waals surface area contributed by atoms with Gasteiger partial charge in [0.05, 0.1) is 17.1 Å². The van der Waals surface area contributed by atoms with Crippen molar-refractivity contribution in [3.05, 3.63) is 0 Å². The van der Waals surface area contributed by atoms with Gasteiger partial charge in [-0.1, -0.05) is 12.8 Å². The monoisotopic (exact) mass is 204 g/mol. The maximum Gasteiger partial charge on any atom is 0.150 e. The second kappa shape index (κ2) is 2.95. The van der Waals surface area contributed by atoms with Crippen LogP contribution in [0.25, 0.3) is 0 Å². The number of rotatable bonds is 1. The highest BCUT2D eigenvalue weighted by Crippen LogP contribution is 2.40. The van der Waals surface area contributed by atoms with E-state index in [0.717, 1.165) is 25.7 Å². The first-order valence-corrected chi connectivity index (χ1v) is 6.77. The first-order valence-electron chi connectivity index (χ1n) is 4.95. The van der Waals surface area contributed by atoms with Crippen LogP contribution in [0.1, 0.15) is 32.1 Å². The fourth-order valence-corrected chi connectivity index (χ4v) is 4.51. The molecule has 0 aromatic heterocycles.